The molecule has 27 heavy (non-hydrogen) atoms. The number of hydrogen-bond acceptors (Lipinski definition) is 6. The van der Waals surface area contributed by atoms with E-state index >= 15 is 0 Å². The first-order valence-electron chi connectivity index (χ1n) is 7.88. The summed E-state index contributed by atoms with van der Waals surface area (Å²) in [5.41, 5.74) is 4.52. The third kappa shape index (κ3) is 4.39. The summed E-state index contributed by atoms with van der Waals surface area (Å²) in [5, 5.41) is 15.3. The Labute approximate surface area is 159 Å². The number of carbonyl (C=O) groups is 1. The average molecular weight is 384 g/mol. The third-order valence-electron chi connectivity index (χ3n) is 3.73. The summed E-state index contributed by atoms with van der Waals surface area (Å²) in [5.74, 6) is 0.837. The van der Waals surface area contributed by atoms with Gasteiger partial charge in [-0.1, -0.05) is 11.6 Å². The fourth-order valence-corrected chi connectivity index (χ4v) is 2.54. The highest BCUT2D eigenvalue weighted by Gasteiger charge is 2.14. The molecule has 0 amide bonds. The number of nitro groups is 1. The zero-order valence-corrected chi connectivity index (χ0v) is 14.9. The van der Waals surface area contributed by atoms with Crippen LogP contribution in [-0.2, 0) is 0 Å². The molecule has 0 aliphatic carbocycles. The zero-order valence-electron chi connectivity index (χ0n) is 14.2. The molecule has 0 saturated carbocycles. The maximum atomic E-state index is 11.2. The molecule has 1 aromatic heterocycles. The zero-order chi connectivity index (χ0) is 19.4. The Morgan fingerprint density at radius 1 is 1.19 bits per heavy atom. The fraction of sp³-hybridized carbons (Fsp3) is 0.0526. The van der Waals surface area contributed by atoms with E-state index in [0.29, 0.717) is 33.4 Å². The molecule has 0 aliphatic rings. The molecule has 1 heterocycles. The van der Waals surface area contributed by atoms with Gasteiger partial charge in [-0.05, 0) is 49.4 Å². The van der Waals surface area contributed by atoms with Gasteiger partial charge in [0, 0.05) is 23.3 Å². The Bertz CT molecular complexity index is 1030. The molecule has 0 unspecified atom stereocenters. The summed E-state index contributed by atoms with van der Waals surface area (Å²) >= 11 is 6.11. The number of non-ortho nitro benzene ring substituents is 1. The summed E-state index contributed by atoms with van der Waals surface area (Å²) < 4.78 is 5.63. The number of hydrogen-bond donors (Lipinski definition) is 1. The van der Waals surface area contributed by atoms with Gasteiger partial charge in [-0.3, -0.25) is 20.3 Å². The molecule has 1 N–H and O–H groups in total. The second-order valence-electron chi connectivity index (χ2n) is 5.63. The molecule has 0 aliphatic heterocycles. The van der Waals surface area contributed by atoms with Gasteiger partial charge in [0.1, 0.15) is 11.5 Å². The molecule has 0 bridgehead atoms. The Morgan fingerprint density at radius 3 is 2.59 bits per heavy atom. The number of benzene rings is 2. The Kier molecular flexibility index (Phi) is 5.33. The van der Waals surface area contributed by atoms with Crippen molar-refractivity contribution in [3.8, 4) is 11.3 Å². The molecule has 0 spiro atoms. The van der Waals surface area contributed by atoms with E-state index < -0.39 is 4.92 Å². The van der Waals surface area contributed by atoms with Crippen LogP contribution in [0.4, 0.5) is 11.4 Å². The molecule has 0 fully saturated rings. The Balaban J connectivity index is 1.72. The fourth-order valence-electron chi connectivity index (χ4n) is 2.33. The van der Waals surface area contributed by atoms with E-state index in [0.717, 1.165) is 0 Å². The highest BCUT2D eigenvalue weighted by molar-refractivity contribution is 6.33. The monoisotopic (exact) mass is 383 g/mol. The molecular formula is C19H14ClN3O4. The van der Waals surface area contributed by atoms with Crippen LogP contribution in [0.25, 0.3) is 11.3 Å². The predicted octanol–water partition coefficient (Wildman–Crippen LogP) is 5.16. The molecule has 3 rings (SSSR count). The second-order valence-corrected chi connectivity index (χ2v) is 6.03. The molecule has 2 aromatic carbocycles. The van der Waals surface area contributed by atoms with Crippen LogP contribution < -0.4 is 5.43 Å². The van der Waals surface area contributed by atoms with E-state index in [-0.39, 0.29) is 11.5 Å². The number of carbonyl (C=O) groups excluding carboxylic acids is 1. The lowest BCUT2D eigenvalue weighted by atomic mass is 10.1. The molecule has 0 atom stereocenters. The number of anilines is 1. The summed E-state index contributed by atoms with van der Waals surface area (Å²) in [4.78, 5) is 21.7. The second kappa shape index (κ2) is 7.84. The van der Waals surface area contributed by atoms with Crippen LogP contribution in [0.3, 0.4) is 0 Å². The van der Waals surface area contributed by atoms with Crippen LogP contribution in [0.15, 0.2) is 64.1 Å². The van der Waals surface area contributed by atoms with Crippen LogP contribution >= 0.6 is 11.6 Å². The van der Waals surface area contributed by atoms with E-state index in [9.17, 15) is 14.9 Å². The van der Waals surface area contributed by atoms with Gasteiger partial charge >= 0.3 is 0 Å². The molecule has 0 saturated heterocycles. The number of Topliss-reactive ketones (excluding diaryl/α,β-unsaturated/α-hetero) is 1. The molecule has 8 heteroatoms. The summed E-state index contributed by atoms with van der Waals surface area (Å²) in [6.07, 6.45) is 1.47. The van der Waals surface area contributed by atoms with Crippen molar-refractivity contribution in [1.82, 2.24) is 0 Å². The first kappa shape index (κ1) is 18.3. The standard InChI is InChI=1S/C19H14ClN3O4/c1-12(24)13-2-4-14(5-3-13)22-21-11-16-7-9-19(27-16)17-10-15(23(25)26)6-8-18(17)20/h2-11,22H,1H3. The maximum Gasteiger partial charge on any atom is 0.270 e. The summed E-state index contributed by atoms with van der Waals surface area (Å²) in [6, 6.07) is 14.4. The predicted molar refractivity (Wildman–Crippen MR) is 103 cm³/mol. The lowest BCUT2D eigenvalue weighted by Gasteiger charge is -2.01. The van der Waals surface area contributed by atoms with Crippen molar-refractivity contribution in [2.24, 2.45) is 5.10 Å². The number of nitro benzene ring substituents is 1. The first-order valence-corrected chi connectivity index (χ1v) is 8.26. The van der Waals surface area contributed by atoms with E-state index in [1.165, 1.54) is 31.3 Å². The van der Waals surface area contributed by atoms with Crippen molar-refractivity contribution >= 4 is 35.0 Å². The van der Waals surface area contributed by atoms with Gasteiger partial charge in [-0.25, -0.2) is 0 Å². The van der Waals surface area contributed by atoms with Gasteiger partial charge in [0.15, 0.2) is 5.78 Å². The number of ketones is 1. The quantitative estimate of drug-likeness (QED) is 0.274. The van der Waals surface area contributed by atoms with Crippen LogP contribution in [-0.4, -0.2) is 16.9 Å². The van der Waals surface area contributed by atoms with E-state index in [2.05, 4.69) is 10.5 Å². The van der Waals surface area contributed by atoms with Gasteiger partial charge in [0.25, 0.3) is 5.69 Å². The van der Waals surface area contributed by atoms with Gasteiger partial charge < -0.3 is 4.42 Å². The minimum atomic E-state index is -0.494. The SMILES string of the molecule is CC(=O)c1ccc(NN=Cc2ccc(-c3cc([N+](=O)[O-])ccc3Cl)o2)cc1. The van der Waals surface area contributed by atoms with Gasteiger partial charge in [-0.15, -0.1) is 0 Å². The highest BCUT2D eigenvalue weighted by Crippen LogP contribution is 2.32. The van der Waals surface area contributed by atoms with Crippen molar-refractivity contribution in [1.29, 1.82) is 0 Å². The highest BCUT2D eigenvalue weighted by atomic mass is 35.5. The minimum absolute atomic E-state index is 0.00650. The normalized spacial score (nSPS) is 10.9. The molecule has 7 nitrogen and oxygen atoms in total. The van der Waals surface area contributed by atoms with E-state index in [1.54, 1.807) is 36.4 Å². The number of halogens is 1. The summed E-state index contributed by atoms with van der Waals surface area (Å²) in [7, 11) is 0. The first-order chi connectivity index (χ1) is 12.9. The number of nitrogens with one attached hydrogen (secondary N) is 1. The Hall–Kier alpha value is -3.45. The topological polar surface area (TPSA) is 97.7 Å². The molecule has 0 radical (unpaired) electrons. The average Bonchev–Trinajstić information content (AvgIpc) is 3.11. The maximum absolute atomic E-state index is 11.2. The lowest BCUT2D eigenvalue weighted by Crippen LogP contribution is -1.93. The van der Waals surface area contributed by atoms with Crippen LogP contribution in [0.1, 0.15) is 23.0 Å². The number of rotatable bonds is 6. The van der Waals surface area contributed by atoms with Crippen LogP contribution in [0.2, 0.25) is 5.02 Å². The van der Waals surface area contributed by atoms with E-state index in [4.69, 9.17) is 16.0 Å². The van der Waals surface area contributed by atoms with Gasteiger partial charge in [0.2, 0.25) is 0 Å². The summed E-state index contributed by atoms with van der Waals surface area (Å²) in [6.45, 7) is 1.50. The molecule has 3 aromatic rings. The smallest absolute Gasteiger partial charge is 0.270 e. The largest absolute Gasteiger partial charge is 0.455 e. The Morgan fingerprint density at radius 2 is 1.93 bits per heavy atom. The van der Waals surface area contributed by atoms with Crippen molar-refractivity contribution in [2.45, 2.75) is 6.92 Å². The number of hydrazone groups is 1. The van der Waals surface area contributed by atoms with Gasteiger partial charge in [0.05, 0.1) is 21.8 Å². The van der Waals surface area contributed by atoms with Crippen molar-refractivity contribution < 1.29 is 14.1 Å². The molecular weight excluding hydrogens is 370 g/mol. The third-order valence-corrected chi connectivity index (χ3v) is 4.06. The number of furan rings is 1. The number of nitrogens with zero attached hydrogens (tertiary/aromatic N) is 2. The minimum Gasteiger partial charge on any atom is -0.455 e. The van der Waals surface area contributed by atoms with Crippen molar-refractivity contribution in [3.63, 3.8) is 0 Å². The molecule has 136 valence electrons. The van der Waals surface area contributed by atoms with Crippen molar-refractivity contribution in [3.05, 3.63) is 81.1 Å². The van der Waals surface area contributed by atoms with Crippen LogP contribution in [0, 0.1) is 10.1 Å². The van der Waals surface area contributed by atoms with Crippen LogP contribution in [0.5, 0.6) is 0 Å². The van der Waals surface area contributed by atoms with Gasteiger partial charge in [-0.2, -0.15) is 5.10 Å². The van der Waals surface area contributed by atoms with Crippen molar-refractivity contribution in [2.75, 3.05) is 5.43 Å². The van der Waals surface area contributed by atoms with E-state index in [1.807, 2.05) is 0 Å². The lowest BCUT2D eigenvalue weighted by molar-refractivity contribution is -0.384.